The van der Waals surface area contributed by atoms with Crippen LogP contribution < -0.4 is 5.32 Å². The van der Waals surface area contributed by atoms with Gasteiger partial charge in [0, 0.05) is 23.9 Å². The lowest BCUT2D eigenvalue weighted by atomic mass is 9.93. The third-order valence-electron chi connectivity index (χ3n) is 3.21. The lowest BCUT2D eigenvalue weighted by Crippen LogP contribution is -2.28. The van der Waals surface area contributed by atoms with Crippen LogP contribution in [0.25, 0.3) is 0 Å². The molecule has 98 valence electrons. The molecule has 6 heteroatoms. The third kappa shape index (κ3) is 2.95. The van der Waals surface area contributed by atoms with Crippen LogP contribution in [0.5, 0.6) is 0 Å². The quantitative estimate of drug-likeness (QED) is 0.641. The van der Waals surface area contributed by atoms with Gasteiger partial charge in [-0.25, -0.2) is 0 Å². The first-order chi connectivity index (χ1) is 8.56. The first-order valence-corrected chi connectivity index (χ1v) is 5.95. The standard InChI is InChI=1S/C12H15FN2O3/c13-11-7-9(3-6-12(11)15(17)18)14-8-1-4-10(16)5-2-8/h3,6-8,10,14,16H,1-2,4-5H2. The Bertz CT molecular complexity index is 445. The fourth-order valence-corrected chi connectivity index (χ4v) is 2.20. The highest BCUT2D eigenvalue weighted by molar-refractivity contribution is 5.50. The highest BCUT2D eigenvalue weighted by atomic mass is 19.1. The number of aliphatic hydroxyl groups excluding tert-OH is 1. The third-order valence-corrected chi connectivity index (χ3v) is 3.21. The summed E-state index contributed by atoms with van der Waals surface area (Å²) >= 11 is 0. The van der Waals surface area contributed by atoms with Crippen LogP contribution in [0.15, 0.2) is 18.2 Å². The minimum Gasteiger partial charge on any atom is -0.393 e. The lowest BCUT2D eigenvalue weighted by Gasteiger charge is -2.27. The highest BCUT2D eigenvalue weighted by Crippen LogP contribution is 2.25. The van der Waals surface area contributed by atoms with E-state index in [4.69, 9.17) is 0 Å². The van der Waals surface area contributed by atoms with Crippen molar-refractivity contribution < 1.29 is 14.4 Å². The molecule has 0 unspecified atom stereocenters. The van der Waals surface area contributed by atoms with Gasteiger partial charge in [-0.05, 0) is 31.7 Å². The smallest absolute Gasteiger partial charge is 0.304 e. The average Bonchev–Trinajstić information content (AvgIpc) is 2.32. The number of nitro groups is 1. The van der Waals surface area contributed by atoms with Gasteiger partial charge < -0.3 is 10.4 Å². The molecular weight excluding hydrogens is 239 g/mol. The van der Waals surface area contributed by atoms with Gasteiger partial charge in [0.1, 0.15) is 0 Å². The minimum absolute atomic E-state index is 0.189. The maximum absolute atomic E-state index is 13.4. The molecule has 1 aromatic carbocycles. The molecule has 1 aliphatic rings. The molecule has 18 heavy (non-hydrogen) atoms. The summed E-state index contributed by atoms with van der Waals surface area (Å²) in [6.07, 6.45) is 2.86. The van der Waals surface area contributed by atoms with Crippen molar-refractivity contribution in [1.29, 1.82) is 0 Å². The number of nitrogens with zero attached hydrogens (tertiary/aromatic N) is 1. The lowest BCUT2D eigenvalue weighted by molar-refractivity contribution is -0.387. The summed E-state index contributed by atoms with van der Waals surface area (Å²) in [5.41, 5.74) is 0.0270. The van der Waals surface area contributed by atoms with Gasteiger partial charge in [0.25, 0.3) is 0 Å². The molecule has 0 amide bonds. The Labute approximate surface area is 104 Å². The summed E-state index contributed by atoms with van der Waals surface area (Å²) in [5, 5.41) is 23.0. The molecule has 0 radical (unpaired) electrons. The van der Waals surface area contributed by atoms with Crippen molar-refractivity contribution in [3.63, 3.8) is 0 Å². The largest absolute Gasteiger partial charge is 0.393 e. The van der Waals surface area contributed by atoms with E-state index >= 15 is 0 Å². The normalized spacial score (nSPS) is 23.7. The Balaban J connectivity index is 2.02. The zero-order chi connectivity index (χ0) is 13.1. The van der Waals surface area contributed by atoms with E-state index in [1.165, 1.54) is 6.07 Å². The highest BCUT2D eigenvalue weighted by Gasteiger charge is 2.20. The van der Waals surface area contributed by atoms with Crippen LogP contribution in [0.4, 0.5) is 15.8 Å². The first-order valence-electron chi connectivity index (χ1n) is 5.95. The van der Waals surface area contributed by atoms with Gasteiger partial charge in [-0.2, -0.15) is 4.39 Å². The van der Waals surface area contributed by atoms with Crippen LogP contribution in [0.3, 0.4) is 0 Å². The van der Waals surface area contributed by atoms with Gasteiger partial charge in [0.2, 0.25) is 5.82 Å². The number of nitro benzene ring substituents is 1. The Kier molecular flexibility index (Phi) is 3.76. The van der Waals surface area contributed by atoms with Crippen LogP contribution in [0.2, 0.25) is 0 Å². The van der Waals surface area contributed by atoms with E-state index in [9.17, 15) is 19.6 Å². The monoisotopic (exact) mass is 254 g/mol. The number of rotatable bonds is 3. The maximum atomic E-state index is 13.4. The van der Waals surface area contributed by atoms with E-state index in [1.807, 2.05) is 0 Å². The van der Waals surface area contributed by atoms with E-state index in [0.717, 1.165) is 37.8 Å². The fourth-order valence-electron chi connectivity index (χ4n) is 2.20. The van der Waals surface area contributed by atoms with Crippen molar-refractivity contribution in [3.8, 4) is 0 Å². The first kappa shape index (κ1) is 12.8. The fraction of sp³-hybridized carbons (Fsp3) is 0.500. The van der Waals surface area contributed by atoms with Gasteiger partial charge >= 0.3 is 5.69 Å². The predicted molar refractivity (Wildman–Crippen MR) is 64.9 cm³/mol. The summed E-state index contributed by atoms with van der Waals surface area (Å²) in [5.74, 6) is -0.833. The zero-order valence-corrected chi connectivity index (χ0v) is 9.80. The molecule has 1 aliphatic carbocycles. The Morgan fingerprint density at radius 1 is 1.33 bits per heavy atom. The SMILES string of the molecule is O=[N+]([O-])c1ccc(NC2CCC(O)CC2)cc1F. The Morgan fingerprint density at radius 2 is 2.00 bits per heavy atom. The summed E-state index contributed by atoms with van der Waals surface area (Å²) < 4.78 is 13.4. The van der Waals surface area contributed by atoms with E-state index in [1.54, 1.807) is 0 Å². The molecule has 0 atom stereocenters. The molecule has 1 aromatic rings. The molecule has 1 saturated carbocycles. The van der Waals surface area contributed by atoms with Gasteiger partial charge in [0.05, 0.1) is 11.0 Å². The molecule has 0 aliphatic heterocycles. The van der Waals surface area contributed by atoms with Gasteiger partial charge in [-0.3, -0.25) is 10.1 Å². The molecule has 0 heterocycles. The van der Waals surface area contributed by atoms with E-state index in [-0.39, 0.29) is 12.1 Å². The van der Waals surface area contributed by atoms with Crippen molar-refractivity contribution >= 4 is 11.4 Å². The Hall–Kier alpha value is -1.69. The number of halogens is 1. The van der Waals surface area contributed by atoms with E-state index < -0.39 is 16.4 Å². The number of hydrogen-bond donors (Lipinski definition) is 2. The molecule has 2 N–H and O–H groups in total. The maximum Gasteiger partial charge on any atom is 0.304 e. The number of anilines is 1. The molecule has 1 fully saturated rings. The average molecular weight is 254 g/mol. The topological polar surface area (TPSA) is 75.4 Å². The second-order valence-electron chi connectivity index (χ2n) is 4.57. The van der Waals surface area contributed by atoms with Crippen LogP contribution in [0.1, 0.15) is 25.7 Å². The summed E-state index contributed by atoms with van der Waals surface area (Å²) in [6, 6.07) is 4.00. The molecule has 5 nitrogen and oxygen atoms in total. The van der Waals surface area contributed by atoms with Crippen molar-refractivity contribution in [2.45, 2.75) is 37.8 Å². The minimum atomic E-state index is -0.833. The van der Waals surface area contributed by atoms with Crippen LogP contribution in [-0.2, 0) is 0 Å². The number of benzene rings is 1. The number of hydrogen-bond acceptors (Lipinski definition) is 4. The molecule has 0 spiro atoms. The van der Waals surface area contributed by atoms with E-state index in [0.29, 0.717) is 5.69 Å². The zero-order valence-electron chi connectivity index (χ0n) is 9.80. The van der Waals surface area contributed by atoms with Crippen molar-refractivity contribution in [2.24, 2.45) is 0 Å². The summed E-state index contributed by atoms with van der Waals surface area (Å²) in [6.45, 7) is 0. The van der Waals surface area contributed by atoms with Gasteiger partial charge in [-0.15, -0.1) is 0 Å². The molecule has 2 rings (SSSR count). The van der Waals surface area contributed by atoms with Crippen molar-refractivity contribution in [3.05, 3.63) is 34.1 Å². The van der Waals surface area contributed by atoms with Crippen LogP contribution in [-0.4, -0.2) is 22.2 Å². The van der Waals surface area contributed by atoms with Crippen molar-refractivity contribution in [1.82, 2.24) is 0 Å². The van der Waals surface area contributed by atoms with Gasteiger partial charge in [0.15, 0.2) is 0 Å². The second kappa shape index (κ2) is 5.30. The second-order valence-corrected chi connectivity index (χ2v) is 4.57. The molecule has 0 saturated heterocycles. The van der Waals surface area contributed by atoms with Crippen LogP contribution in [0, 0.1) is 15.9 Å². The molecule has 0 aromatic heterocycles. The molecular formula is C12H15FN2O3. The summed E-state index contributed by atoms with van der Waals surface area (Å²) in [7, 11) is 0. The number of aliphatic hydroxyl groups is 1. The van der Waals surface area contributed by atoms with Crippen LogP contribution >= 0.6 is 0 Å². The number of nitrogens with one attached hydrogen (secondary N) is 1. The van der Waals surface area contributed by atoms with Gasteiger partial charge in [-0.1, -0.05) is 0 Å². The van der Waals surface area contributed by atoms with Crippen molar-refractivity contribution in [2.75, 3.05) is 5.32 Å². The Morgan fingerprint density at radius 3 is 2.56 bits per heavy atom. The van der Waals surface area contributed by atoms with E-state index in [2.05, 4.69) is 5.32 Å². The predicted octanol–water partition coefficient (Wildman–Crippen LogP) is 2.45. The molecule has 0 bridgehead atoms. The summed E-state index contributed by atoms with van der Waals surface area (Å²) in [4.78, 5) is 9.74.